The van der Waals surface area contributed by atoms with Crippen molar-refractivity contribution >= 4 is 11.9 Å². The molecule has 0 aromatic rings. The highest BCUT2D eigenvalue weighted by molar-refractivity contribution is 5.79. The molecule has 2 aliphatic rings. The zero-order chi connectivity index (χ0) is 20.4. The van der Waals surface area contributed by atoms with Crippen molar-refractivity contribution in [3.8, 4) is 0 Å². The standard InChI is InChI=1S/C16H26F2N2O7/c1-7(22)20-11-10(19)14(17)16(18,15(25)26-8-4-2-3-5-8)27-13(11)12(24)9(23)6-21/h8-14,21,23-24H,2-6,19H2,1H3,(H,20,22)/t9-,10-,11-,12-,13-,14-,16-/m1/s1. The lowest BCUT2D eigenvalue weighted by molar-refractivity contribution is -0.280. The number of nitrogens with two attached hydrogens (primary N) is 1. The summed E-state index contributed by atoms with van der Waals surface area (Å²) in [5, 5.41) is 31.0. The van der Waals surface area contributed by atoms with Crippen molar-refractivity contribution < 1.29 is 43.2 Å². The fourth-order valence-corrected chi connectivity index (χ4v) is 3.41. The average Bonchev–Trinajstić information content (AvgIpc) is 3.13. The molecule has 2 fully saturated rings. The van der Waals surface area contributed by atoms with Gasteiger partial charge in [-0.2, -0.15) is 4.39 Å². The van der Waals surface area contributed by atoms with Gasteiger partial charge in [0.05, 0.1) is 18.7 Å². The van der Waals surface area contributed by atoms with Gasteiger partial charge in [0.15, 0.2) is 6.17 Å². The first kappa shape index (κ1) is 21.9. The number of carbonyl (C=O) groups excluding carboxylic acids is 2. The van der Waals surface area contributed by atoms with E-state index in [1.165, 1.54) is 0 Å². The van der Waals surface area contributed by atoms with Crippen LogP contribution in [0.15, 0.2) is 0 Å². The summed E-state index contributed by atoms with van der Waals surface area (Å²) in [6, 6.07) is -3.24. The smallest absolute Gasteiger partial charge is 0.375 e. The Morgan fingerprint density at radius 1 is 1.37 bits per heavy atom. The fraction of sp³-hybridized carbons (Fsp3) is 0.875. The molecule has 1 heterocycles. The Hall–Kier alpha value is -1.40. The van der Waals surface area contributed by atoms with Gasteiger partial charge in [-0.15, -0.1) is 0 Å². The van der Waals surface area contributed by atoms with Gasteiger partial charge in [0.1, 0.15) is 24.4 Å². The quantitative estimate of drug-likeness (QED) is 0.338. The van der Waals surface area contributed by atoms with Gasteiger partial charge in [-0.1, -0.05) is 0 Å². The highest BCUT2D eigenvalue weighted by atomic mass is 19.2. The van der Waals surface area contributed by atoms with Crippen LogP contribution in [0.25, 0.3) is 0 Å². The number of hydrogen-bond donors (Lipinski definition) is 5. The number of nitrogens with one attached hydrogen (secondary N) is 1. The number of aliphatic hydroxyl groups is 3. The topological polar surface area (TPSA) is 151 Å². The molecule has 0 aromatic heterocycles. The van der Waals surface area contributed by atoms with E-state index in [2.05, 4.69) is 5.32 Å². The van der Waals surface area contributed by atoms with Gasteiger partial charge in [-0.05, 0) is 25.7 Å². The first-order valence-corrected chi connectivity index (χ1v) is 8.83. The monoisotopic (exact) mass is 396 g/mol. The summed E-state index contributed by atoms with van der Waals surface area (Å²) >= 11 is 0. The van der Waals surface area contributed by atoms with E-state index in [1.54, 1.807) is 0 Å². The number of aliphatic hydroxyl groups excluding tert-OH is 3. The van der Waals surface area contributed by atoms with E-state index in [4.69, 9.17) is 20.3 Å². The van der Waals surface area contributed by atoms with Crippen molar-refractivity contribution in [2.24, 2.45) is 5.73 Å². The van der Waals surface area contributed by atoms with Crippen LogP contribution in [0.4, 0.5) is 8.78 Å². The van der Waals surface area contributed by atoms with Crippen LogP contribution in [0.5, 0.6) is 0 Å². The van der Waals surface area contributed by atoms with Gasteiger partial charge < -0.3 is 35.8 Å². The van der Waals surface area contributed by atoms with Crippen LogP contribution >= 0.6 is 0 Å². The van der Waals surface area contributed by atoms with Gasteiger partial charge in [-0.3, -0.25) is 4.79 Å². The number of ether oxygens (including phenoxy) is 2. The summed E-state index contributed by atoms with van der Waals surface area (Å²) < 4.78 is 39.8. The molecule has 1 amide bonds. The second kappa shape index (κ2) is 8.74. The first-order chi connectivity index (χ1) is 12.6. The van der Waals surface area contributed by atoms with E-state index in [0.29, 0.717) is 12.8 Å². The second-order valence-electron chi connectivity index (χ2n) is 6.99. The number of halogens is 2. The minimum atomic E-state index is -3.63. The number of rotatable bonds is 6. The van der Waals surface area contributed by atoms with Crippen LogP contribution in [0.3, 0.4) is 0 Å². The van der Waals surface area contributed by atoms with Crippen LogP contribution in [0.2, 0.25) is 0 Å². The molecule has 7 atom stereocenters. The molecule has 9 nitrogen and oxygen atoms in total. The van der Waals surface area contributed by atoms with Crippen molar-refractivity contribution in [2.45, 2.75) is 81.1 Å². The fourth-order valence-electron chi connectivity index (χ4n) is 3.41. The largest absolute Gasteiger partial charge is 0.458 e. The molecule has 156 valence electrons. The third kappa shape index (κ3) is 4.54. The Morgan fingerprint density at radius 3 is 2.48 bits per heavy atom. The molecular weight excluding hydrogens is 370 g/mol. The highest BCUT2D eigenvalue weighted by Crippen LogP contribution is 2.37. The lowest BCUT2D eigenvalue weighted by Crippen LogP contribution is -2.73. The van der Waals surface area contributed by atoms with Gasteiger partial charge in [0, 0.05) is 6.92 Å². The maximum absolute atomic E-state index is 15.2. The van der Waals surface area contributed by atoms with E-state index >= 15 is 4.39 Å². The summed E-state index contributed by atoms with van der Waals surface area (Å²) in [6.45, 7) is 0.158. The molecule has 1 saturated heterocycles. The third-order valence-corrected chi connectivity index (χ3v) is 4.91. The first-order valence-electron chi connectivity index (χ1n) is 8.83. The van der Waals surface area contributed by atoms with Crippen LogP contribution in [0.1, 0.15) is 32.6 Å². The van der Waals surface area contributed by atoms with Gasteiger partial charge in [-0.25, -0.2) is 9.18 Å². The van der Waals surface area contributed by atoms with Crippen LogP contribution in [0, 0.1) is 0 Å². The number of alkyl halides is 2. The number of amides is 1. The van der Waals surface area contributed by atoms with E-state index in [-0.39, 0.29) is 0 Å². The van der Waals surface area contributed by atoms with Crippen LogP contribution in [-0.2, 0) is 19.1 Å². The third-order valence-electron chi connectivity index (χ3n) is 4.91. The Kier molecular flexibility index (Phi) is 7.09. The van der Waals surface area contributed by atoms with Crippen molar-refractivity contribution in [2.75, 3.05) is 6.61 Å². The summed E-state index contributed by atoms with van der Waals surface area (Å²) in [6.07, 6.45) is -6.25. The lowest BCUT2D eigenvalue weighted by atomic mass is 9.86. The zero-order valence-electron chi connectivity index (χ0n) is 14.9. The summed E-state index contributed by atoms with van der Waals surface area (Å²) in [4.78, 5) is 23.6. The lowest BCUT2D eigenvalue weighted by Gasteiger charge is -2.46. The summed E-state index contributed by atoms with van der Waals surface area (Å²) in [5.74, 6) is -5.92. The van der Waals surface area contributed by atoms with Crippen molar-refractivity contribution in [3.63, 3.8) is 0 Å². The van der Waals surface area contributed by atoms with Gasteiger partial charge >= 0.3 is 11.8 Å². The van der Waals surface area contributed by atoms with Crippen LogP contribution < -0.4 is 11.1 Å². The normalized spacial score (nSPS) is 36.9. The molecule has 0 bridgehead atoms. The van der Waals surface area contributed by atoms with E-state index in [9.17, 15) is 24.2 Å². The zero-order valence-corrected chi connectivity index (χ0v) is 14.9. The van der Waals surface area contributed by atoms with Crippen molar-refractivity contribution in [3.05, 3.63) is 0 Å². The predicted octanol–water partition coefficient (Wildman–Crippen LogP) is -1.58. The Morgan fingerprint density at radius 2 is 1.96 bits per heavy atom. The summed E-state index contributed by atoms with van der Waals surface area (Å²) in [7, 11) is 0. The highest BCUT2D eigenvalue weighted by Gasteiger charge is 2.63. The Bertz CT molecular complexity index is 549. The van der Waals surface area contributed by atoms with Gasteiger partial charge in [0.25, 0.3) is 0 Å². The molecule has 0 unspecified atom stereocenters. The minimum Gasteiger partial charge on any atom is -0.458 e. The molecule has 0 radical (unpaired) electrons. The minimum absolute atomic E-state index is 0.509. The maximum atomic E-state index is 15.2. The van der Waals surface area contributed by atoms with E-state index in [0.717, 1.165) is 19.8 Å². The van der Waals surface area contributed by atoms with Crippen LogP contribution in [-0.4, -0.2) is 82.3 Å². The molecule has 11 heteroatoms. The van der Waals surface area contributed by atoms with E-state index in [1.807, 2.05) is 0 Å². The Labute approximate surface area is 154 Å². The molecule has 1 saturated carbocycles. The van der Waals surface area contributed by atoms with Gasteiger partial charge in [0.2, 0.25) is 5.91 Å². The molecule has 6 N–H and O–H groups in total. The maximum Gasteiger partial charge on any atom is 0.375 e. The summed E-state index contributed by atoms with van der Waals surface area (Å²) in [5.41, 5.74) is 5.69. The number of carbonyl (C=O) groups is 2. The molecule has 2 rings (SSSR count). The molecule has 1 aliphatic carbocycles. The SMILES string of the molecule is CC(=O)N[C@@H]1[C@@H](N)[C@@H](F)[C@](F)(C(=O)OC2CCCC2)O[C@H]1[C@H](O)[C@H](O)CO. The molecule has 0 aromatic carbocycles. The average molecular weight is 396 g/mol. The predicted molar refractivity (Wildman–Crippen MR) is 86.6 cm³/mol. The van der Waals surface area contributed by atoms with E-state index < -0.39 is 67.0 Å². The number of esters is 1. The molecule has 0 spiro atoms. The molecular formula is C16H26F2N2O7. The second-order valence-corrected chi connectivity index (χ2v) is 6.99. The Balaban J connectivity index is 2.28. The number of hydrogen-bond acceptors (Lipinski definition) is 8. The van der Waals surface area contributed by atoms with Crippen molar-refractivity contribution in [1.29, 1.82) is 0 Å². The molecule has 27 heavy (non-hydrogen) atoms. The van der Waals surface area contributed by atoms with Crippen molar-refractivity contribution in [1.82, 2.24) is 5.32 Å². The molecule has 1 aliphatic heterocycles.